The predicted molar refractivity (Wildman–Crippen MR) is 77.2 cm³/mol. The Balaban J connectivity index is 1.97. The highest BCUT2D eigenvalue weighted by atomic mass is 32.1. The second kappa shape index (κ2) is 6.57. The maximum absolute atomic E-state index is 5.62. The van der Waals surface area contributed by atoms with E-state index >= 15 is 0 Å². The lowest BCUT2D eigenvalue weighted by Crippen LogP contribution is -2.17. The van der Waals surface area contributed by atoms with Crippen LogP contribution in [0.1, 0.15) is 30.3 Å². The van der Waals surface area contributed by atoms with Gasteiger partial charge < -0.3 is 10.1 Å². The number of hydrogen-bond acceptors (Lipinski definition) is 3. The summed E-state index contributed by atoms with van der Waals surface area (Å²) < 4.78 is 5.62. The Labute approximate surface area is 113 Å². The van der Waals surface area contributed by atoms with Crippen molar-refractivity contribution in [1.29, 1.82) is 0 Å². The summed E-state index contributed by atoms with van der Waals surface area (Å²) in [6.07, 6.45) is 0. The van der Waals surface area contributed by atoms with Crippen LogP contribution < -0.4 is 10.1 Å². The summed E-state index contributed by atoms with van der Waals surface area (Å²) in [7, 11) is 0. The fraction of sp³-hybridized carbons (Fsp3) is 0.333. The van der Waals surface area contributed by atoms with Gasteiger partial charge in [-0.3, -0.25) is 0 Å². The van der Waals surface area contributed by atoms with Gasteiger partial charge in [-0.15, -0.1) is 11.3 Å². The van der Waals surface area contributed by atoms with E-state index in [1.807, 2.05) is 19.1 Å². The molecular formula is C15H19NOS. The molecule has 0 saturated heterocycles. The van der Waals surface area contributed by atoms with Crippen LogP contribution >= 0.6 is 11.3 Å². The van der Waals surface area contributed by atoms with Crippen LogP contribution in [-0.2, 0) is 6.54 Å². The van der Waals surface area contributed by atoms with E-state index in [4.69, 9.17) is 4.74 Å². The van der Waals surface area contributed by atoms with Crippen LogP contribution in [-0.4, -0.2) is 6.61 Å². The van der Waals surface area contributed by atoms with Crippen LogP contribution in [0.3, 0.4) is 0 Å². The van der Waals surface area contributed by atoms with Crippen molar-refractivity contribution in [1.82, 2.24) is 5.32 Å². The van der Waals surface area contributed by atoms with Gasteiger partial charge in [0.2, 0.25) is 0 Å². The second-order valence-electron chi connectivity index (χ2n) is 4.16. The Morgan fingerprint density at radius 1 is 1.22 bits per heavy atom. The molecular weight excluding hydrogens is 242 g/mol. The molecule has 2 nitrogen and oxygen atoms in total. The van der Waals surface area contributed by atoms with Crippen molar-refractivity contribution in [2.75, 3.05) is 6.61 Å². The molecule has 0 aliphatic rings. The summed E-state index contributed by atoms with van der Waals surface area (Å²) in [5.41, 5.74) is 1.21. The van der Waals surface area contributed by atoms with Crippen LogP contribution in [0, 0.1) is 0 Å². The highest BCUT2D eigenvalue weighted by molar-refractivity contribution is 7.10. The maximum atomic E-state index is 5.62. The van der Waals surface area contributed by atoms with E-state index < -0.39 is 0 Å². The fourth-order valence-corrected chi connectivity index (χ4v) is 2.61. The van der Waals surface area contributed by atoms with E-state index in [-0.39, 0.29) is 0 Å². The van der Waals surface area contributed by atoms with E-state index in [1.165, 1.54) is 10.4 Å². The molecule has 2 aromatic rings. The third-order valence-corrected chi connectivity index (χ3v) is 3.90. The number of para-hydroxylation sites is 1. The van der Waals surface area contributed by atoms with E-state index in [1.54, 1.807) is 11.3 Å². The summed E-state index contributed by atoms with van der Waals surface area (Å²) >= 11 is 1.79. The number of benzene rings is 1. The molecule has 1 unspecified atom stereocenters. The molecule has 0 aliphatic carbocycles. The number of thiophene rings is 1. The molecule has 0 bridgehead atoms. The molecule has 0 amide bonds. The topological polar surface area (TPSA) is 21.3 Å². The fourth-order valence-electron chi connectivity index (χ4n) is 1.85. The van der Waals surface area contributed by atoms with Gasteiger partial charge in [0, 0.05) is 23.0 Å². The molecule has 0 spiro atoms. The SMILES string of the molecule is CCOc1ccccc1CNC(C)c1cccs1. The third kappa shape index (κ3) is 3.34. The Morgan fingerprint density at radius 2 is 2.06 bits per heavy atom. The molecule has 0 aliphatic heterocycles. The largest absolute Gasteiger partial charge is 0.494 e. The average Bonchev–Trinajstić information content (AvgIpc) is 2.92. The minimum Gasteiger partial charge on any atom is -0.494 e. The standard InChI is InChI=1S/C15H19NOS/c1-3-17-14-8-5-4-7-13(14)11-16-12(2)15-9-6-10-18-15/h4-10,12,16H,3,11H2,1-2H3. The van der Waals surface area contributed by atoms with Crippen molar-refractivity contribution in [2.45, 2.75) is 26.4 Å². The number of rotatable bonds is 6. The van der Waals surface area contributed by atoms with Gasteiger partial charge in [-0.05, 0) is 31.4 Å². The molecule has 1 N–H and O–H groups in total. The van der Waals surface area contributed by atoms with Crippen molar-refractivity contribution in [3.63, 3.8) is 0 Å². The van der Waals surface area contributed by atoms with E-state index in [2.05, 4.69) is 41.9 Å². The Hall–Kier alpha value is -1.32. The van der Waals surface area contributed by atoms with Crippen LogP contribution in [0.2, 0.25) is 0 Å². The minimum atomic E-state index is 0.375. The zero-order valence-electron chi connectivity index (χ0n) is 10.8. The maximum Gasteiger partial charge on any atom is 0.123 e. The molecule has 2 rings (SSSR count). The summed E-state index contributed by atoms with van der Waals surface area (Å²) in [5.74, 6) is 0.978. The zero-order chi connectivity index (χ0) is 12.8. The van der Waals surface area contributed by atoms with Gasteiger partial charge in [0.1, 0.15) is 5.75 Å². The molecule has 0 radical (unpaired) electrons. The van der Waals surface area contributed by atoms with Gasteiger partial charge in [0.25, 0.3) is 0 Å². The van der Waals surface area contributed by atoms with Gasteiger partial charge in [-0.2, -0.15) is 0 Å². The minimum absolute atomic E-state index is 0.375. The van der Waals surface area contributed by atoms with Gasteiger partial charge in [0.05, 0.1) is 6.61 Å². The number of nitrogens with one attached hydrogen (secondary N) is 1. The summed E-state index contributed by atoms with van der Waals surface area (Å²) in [6.45, 7) is 5.74. The Kier molecular flexibility index (Phi) is 4.79. The molecule has 0 fully saturated rings. The Bertz CT molecular complexity index is 467. The summed E-state index contributed by atoms with van der Waals surface area (Å²) in [6, 6.07) is 12.8. The molecule has 0 saturated carbocycles. The average molecular weight is 261 g/mol. The molecule has 96 valence electrons. The quantitative estimate of drug-likeness (QED) is 0.848. The highest BCUT2D eigenvalue weighted by Crippen LogP contribution is 2.21. The Morgan fingerprint density at radius 3 is 2.78 bits per heavy atom. The number of ether oxygens (including phenoxy) is 1. The lowest BCUT2D eigenvalue weighted by molar-refractivity contribution is 0.335. The first kappa shape index (κ1) is 13.1. The molecule has 1 heterocycles. The monoisotopic (exact) mass is 261 g/mol. The zero-order valence-corrected chi connectivity index (χ0v) is 11.7. The van der Waals surface area contributed by atoms with Gasteiger partial charge in [0.15, 0.2) is 0 Å². The van der Waals surface area contributed by atoms with E-state index in [0.29, 0.717) is 12.6 Å². The molecule has 1 aromatic heterocycles. The summed E-state index contributed by atoms with van der Waals surface area (Å²) in [5, 5.41) is 5.64. The molecule has 1 atom stereocenters. The van der Waals surface area contributed by atoms with Crippen LogP contribution in [0.15, 0.2) is 41.8 Å². The van der Waals surface area contributed by atoms with Crippen LogP contribution in [0.25, 0.3) is 0 Å². The van der Waals surface area contributed by atoms with Crippen molar-refractivity contribution in [3.8, 4) is 5.75 Å². The second-order valence-corrected chi connectivity index (χ2v) is 5.14. The van der Waals surface area contributed by atoms with Crippen molar-refractivity contribution >= 4 is 11.3 Å². The first-order valence-electron chi connectivity index (χ1n) is 6.28. The third-order valence-electron chi connectivity index (χ3n) is 2.84. The highest BCUT2D eigenvalue weighted by Gasteiger charge is 2.07. The first-order valence-corrected chi connectivity index (χ1v) is 7.16. The van der Waals surface area contributed by atoms with Gasteiger partial charge in [-0.25, -0.2) is 0 Å². The molecule has 1 aromatic carbocycles. The summed E-state index contributed by atoms with van der Waals surface area (Å²) in [4.78, 5) is 1.36. The van der Waals surface area contributed by atoms with Crippen molar-refractivity contribution < 1.29 is 4.74 Å². The van der Waals surface area contributed by atoms with Gasteiger partial charge >= 0.3 is 0 Å². The predicted octanol–water partition coefficient (Wildman–Crippen LogP) is 4.00. The van der Waals surface area contributed by atoms with Crippen molar-refractivity contribution in [3.05, 3.63) is 52.2 Å². The molecule has 18 heavy (non-hydrogen) atoms. The van der Waals surface area contributed by atoms with Crippen molar-refractivity contribution in [2.24, 2.45) is 0 Å². The van der Waals surface area contributed by atoms with Gasteiger partial charge in [-0.1, -0.05) is 24.3 Å². The number of hydrogen-bond donors (Lipinski definition) is 1. The lowest BCUT2D eigenvalue weighted by Gasteiger charge is -2.14. The van der Waals surface area contributed by atoms with Crippen LogP contribution in [0.5, 0.6) is 5.75 Å². The molecule has 3 heteroatoms. The van der Waals surface area contributed by atoms with Crippen LogP contribution in [0.4, 0.5) is 0 Å². The normalized spacial score (nSPS) is 12.3. The first-order chi connectivity index (χ1) is 8.81. The van der Waals surface area contributed by atoms with E-state index in [0.717, 1.165) is 12.3 Å². The lowest BCUT2D eigenvalue weighted by atomic mass is 10.2. The van der Waals surface area contributed by atoms with E-state index in [9.17, 15) is 0 Å². The smallest absolute Gasteiger partial charge is 0.123 e.